The van der Waals surface area contributed by atoms with Crippen LogP contribution >= 0.6 is 34.8 Å². The molecule has 0 aromatic heterocycles. The number of benzene rings is 3. The minimum Gasteiger partial charge on any atom is -0.272 e. The highest BCUT2D eigenvalue weighted by Gasteiger charge is 2.27. The SMILES string of the molecule is O=C(CN(Cc1ccc(Cl)cc1Cl)S(=O)(=O)c1ccccc1)N/N=C\c1ccc(Cl)cc1. The van der Waals surface area contributed by atoms with Crippen LogP contribution in [0.4, 0.5) is 0 Å². The van der Waals surface area contributed by atoms with Crippen LogP contribution in [-0.4, -0.2) is 31.4 Å². The van der Waals surface area contributed by atoms with Crippen LogP contribution in [0.15, 0.2) is 82.8 Å². The number of nitrogens with zero attached hydrogens (tertiary/aromatic N) is 2. The van der Waals surface area contributed by atoms with E-state index in [0.29, 0.717) is 20.6 Å². The number of carbonyl (C=O) groups is 1. The number of carbonyl (C=O) groups excluding carboxylic acids is 1. The maximum atomic E-state index is 13.2. The summed E-state index contributed by atoms with van der Waals surface area (Å²) in [6.07, 6.45) is 1.43. The van der Waals surface area contributed by atoms with E-state index in [2.05, 4.69) is 10.5 Å². The summed E-state index contributed by atoms with van der Waals surface area (Å²) in [6.45, 7) is -0.588. The number of hydrogen-bond acceptors (Lipinski definition) is 4. The Hall–Kier alpha value is -2.42. The van der Waals surface area contributed by atoms with Crippen LogP contribution in [0.3, 0.4) is 0 Å². The maximum Gasteiger partial charge on any atom is 0.255 e. The molecule has 0 spiro atoms. The normalized spacial score (nSPS) is 11.8. The zero-order valence-corrected chi connectivity index (χ0v) is 19.7. The topological polar surface area (TPSA) is 78.8 Å². The lowest BCUT2D eigenvalue weighted by Gasteiger charge is -2.22. The third-order valence-corrected chi connectivity index (χ3v) is 6.98. The second-order valence-electron chi connectivity index (χ2n) is 6.67. The van der Waals surface area contributed by atoms with E-state index < -0.39 is 22.5 Å². The van der Waals surface area contributed by atoms with Gasteiger partial charge in [-0.05, 0) is 47.5 Å². The fourth-order valence-electron chi connectivity index (χ4n) is 2.73. The first kappa shape index (κ1) is 24.2. The molecule has 0 aliphatic heterocycles. The van der Waals surface area contributed by atoms with Crippen molar-refractivity contribution < 1.29 is 13.2 Å². The molecule has 3 rings (SSSR count). The monoisotopic (exact) mass is 509 g/mol. The Morgan fingerprint density at radius 2 is 1.59 bits per heavy atom. The van der Waals surface area contributed by atoms with E-state index in [-0.39, 0.29) is 11.4 Å². The molecule has 3 aromatic rings. The van der Waals surface area contributed by atoms with Gasteiger partial charge in [0.2, 0.25) is 10.0 Å². The second kappa shape index (κ2) is 10.9. The van der Waals surface area contributed by atoms with Crippen molar-refractivity contribution in [3.05, 3.63) is 99.0 Å². The van der Waals surface area contributed by atoms with Gasteiger partial charge < -0.3 is 0 Å². The van der Waals surface area contributed by atoms with Crippen molar-refractivity contribution in [2.45, 2.75) is 11.4 Å². The number of rotatable bonds is 8. The van der Waals surface area contributed by atoms with Gasteiger partial charge in [0.15, 0.2) is 0 Å². The largest absolute Gasteiger partial charge is 0.272 e. The first-order chi connectivity index (χ1) is 15.3. The Morgan fingerprint density at radius 3 is 2.25 bits per heavy atom. The fraction of sp³-hybridized carbons (Fsp3) is 0.0909. The molecule has 0 saturated heterocycles. The van der Waals surface area contributed by atoms with E-state index >= 15 is 0 Å². The minimum atomic E-state index is -3.99. The molecule has 1 N–H and O–H groups in total. The number of nitrogens with one attached hydrogen (secondary N) is 1. The average Bonchev–Trinajstić information content (AvgIpc) is 2.77. The molecule has 0 radical (unpaired) electrons. The van der Waals surface area contributed by atoms with E-state index in [4.69, 9.17) is 34.8 Å². The molecule has 0 aliphatic carbocycles. The predicted octanol–water partition coefficient (Wildman–Crippen LogP) is 4.99. The molecule has 0 fully saturated rings. The van der Waals surface area contributed by atoms with Crippen molar-refractivity contribution in [3.8, 4) is 0 Å². The van der Waals surface area contributed by atoms with Gasteiger partial charge in [0, 0.05) is 21.6 Å². The third-order valence-electron chi connectivity index (χ3n) is 4.34. The molecule has 0 unspecified atom stereocenters. The number of hydrogen-bond donors (Lipinski definition) is 1. The average molecular weight is 511 g/mol. The van der Waals surface area contributed by atoms with Crippen LogP contribution in [0.1, 0.15) is 11.1 Å². The summed E-state index contributed by atoms with van der Waals surface area (Å²) in [7, 11) is -3.99. The van der Waals surface area contributed by atoms with Gasteiger partial charge in [-0.1, -0.05) is 71.2 Å². The van der Waals surface area contributed by atoms with Gasteiger partial charge in [0.05, 0.1) is 17.7 Å². The number of sulfonamides is 1. The number of halogens is 3. The molecule has 6 nitrogen and oxygen atoms in total. The predicted molar refractivity (Wildman–Crippen MR) is 128 cm³/mol. The highest BCUT2D eigenvalue weighted by Crippen LogP contribution is 2.25. The van der Waals surface area contributed by atoms with E-state index in [1.165, 1.54) is 24.4 Å². The van der Waals surface area contributed by atoms with Crippen LogP contribution in [0.5, 0.6) is 0 Å². The van der Waals surface area contributed by atoms with Crippen molar-refractivity contribution in [1.29, 1.82) is 0 Å². The summed E-state index contributed by atoms with van der Waals surface area (Å²) >= 11 is 18.0. The smallest absolute Gasteiger partial charge is 0.255 e. The van der Waals surface area contributed by atoms with Gasteiger partial charge >= 0.3 is 0 Å². The Kier molecular flexibility index (Phi) is 8.28. The first-order valence-corrected chi connectivity index (χ1v) is 11.9. The number of amides is 1. The van der Waals surface area contributed by atoms with Crippen molar-refractivity contribution in [2.24, 2.45) is 5.10 Å². The van der Waals surface area contributed by atoms with Gasteiger partial charge in [-0.15, -0.1) is 0 Å². The Bertz CT molecular complexity index is 1220. The zero-order valence-electron chi connectivity index (χ0n) is 16.6. The lowest BCUT2D eigenvalue weighted by Crippen LogP contribution is -2.39. The molecule has 3 aromatic carbocycles. The standard InChI is InChI=1S/C22H18Cl3N3O3S/c23-18-9-6-16(7-10-18)13-26-27-22(29)15-28(14-17-8-11-19(24)12-21(17)25)32(30,31)20-4-2-1-3-5-20/h1-13H,14-15H2,(H,27,29)/b26-13-. The second-order valence-corrected chi connectivity index (χ2v) is 9.88. The lowest BCUT2D eigenvalue weighted by molar-refractivity contribution is -0.121. The molecule has 0 saturated carbocycles. The van der Waals surface area contributed by atoms with Crippen molar-refractivity contribution in [3.63, 3.8) is 0 Å². The summed E-state index contributed by atoms with van der Waals surface area (Å²) in [5.41, 5.74) is 3.57. The Labute approximate surface area is 201 Å². The zero-order chi connectivity index (χ0) is 23.1. The minimum absolute atomic E-state index is 0.0579. The van der Waals surface area contributed by atoms with Crippen molar-refractivity contribution >= 4 is 56.9 Å². The lowest BCUT2D eigenvalue weighted by atomic mass is 10.2. The van der Waals surface area contributed by atoms with Crippen molar-refractivity contribution in [2.75, 3.05) is 6.54 Å². The van der Waals surface area contributed by atoms with Crippen LogP contribution in [-0.2, 0) is 21.4 Å². The van der Waals surface area contributed by atoms with Crippen molar-refractivity contribution in [1.82, 2.24) is 9.73 Å². The van der Waals surface area contributed by atoms with E-state index in [9.17, 15) is 13.2 Å². The molecule has 0 bridgehead atoms. The summed E-state index contributed by atoms with van der Waals surface area (Å²) in [4.78, 5) is 12.6. The Morgan fingerprint density at radius 1 is 0.938 bits per heavy atom. The van der Waals surface area contributed by atoms with E-state index in [0.717, 1.165) is 9.87 Å². The van der Waals surface area contributed by atoms with Gasteiger partial charge in [-0.3, -0.25) is 4.79 Å². The van der Waals surface area contributed by atoms with Gasteiger partial charge in [-0.2, -0.15) is 9.41 Å². The molecule has 0 aliphatic rings. The quantitative estimate of drug-likeness (QED) is 0.343. The Balaban J connectivity index is 1.80. The van der Waals surface area contributed by atoms with E-state index in [1.54, 1.807) is 54.6 Å². The summed E-state index contributed by atoms with van der Waals surface area (Å²) in [5.74, 6) is -0.611. The summed E-state index contributed by atoms with van der Waals surface area (Å²) in [5, 5.41) is 5.18. The number of hydrazone groups is 1. The summed E-state index contributed by atoms with van der Waals surface area (Å²) in [6, 6.07) is 19.4. The summed E-state index contributed by atoms with van der Waals surface area (Å²) < 4.78 is 27.4. The van der Waals surface area contributed by atoms with Crippen LogP contribution in [0.2, 0.25) is 15.1 Å². The molecule has 0 heterocycles. The molecule has 0 atom stereocenters. The molecule has 166 valence electrons. The highest BCUT2D eigenvalue weighted by atomic mass is 35.5. The first-order valence-electron chi connectivity index (χ1n) is 9.32. The fourth-order valence-corrected chi connectivity index (χ4v) is 4.72. The molecular formula is C22H18Cl3N3O3S. The molecule has 32 heavy (non-hydrogen) atoms. The molecular weight excluding hydrogens is 493 g/mol. The third kappa shape index (κ3) is 6.54. The molecule has 10 heteroatoms. The van der Waals surface area contributed by atoms with Crippen LogP contribution in [0, 0.1) is 0 Å². The van der Waals surface area contributed by atoms with Crippen LogP contribution in [0.25, 0.3) is 0 Å². The van der Waals surface area contributed by atoms with Gasteiger partial charge in [-0.25, -0.2) is 13.8 Å². The van der Waals surface area contributed by atoms with Gasteiger partial charge in [0.25, 0.3) is 5.91 Å². The van der Waals surface area contributed by atoms with Gasteiger partial charge in [0.1, 0.15) is 0 Å². The highest BCUT2D eigenvalue weighted by molar-refractivity contribution is 7.89. The maximum absolute atomic E-state index is 13.2. The van der Waals surface area contributed by atoms with Crippen LogP contribution < -0.4 is 5.43 Å². The molecule has 1 amide bonds. The van der Waals surface area contributed by atoms with E-state index in [1.807, 2.05) is 0 Å².